The Balaban J connectivity index is 2.85. The van der Waals surface area contributed by atoms with Crippen molar-refractivity contribution in [3.63, 3.8) is 0 Å². The molecular formula is C10H11ClN4O. The molecule has 0 aliphatic heterocycles. The van der Waals surface area contributed by atoms with Crippen molar-refractivity contribution < 1.29 is 4.79 Å². The van der Waals surface area contributed by atoms with E-state index in [1.165, 1.54) is 6.92 Å². The van der Waals surface area contributed by atoms with Gasteiger partial charge in [-0.05, 0) is 37.1 Å². The maximum absolute atomic E-state index is 11.5. The standard InChI is InChI=1S/C10H11ClN4O/c1-6-8(11)4-3-5-9(6)13-10(16)7(2)14-15-12/h3-5,7H,1-2H3,(H,13,16). The van der Waals surface area contributed by atoms with E-state index < -0.39 is 6.04 Å². The molecule has 1 aromatic carbocycles. The lowest BCUT2D eigenvalue weighted by Gasteiger charge is -2.10. The van der Waals surface area contributed by atoms with E-state index in [9.17, 15) is 4.79 Å². The predicted octanol–water partition coefficient (Wildman–Crippen LogP) is 3.29. The molecule has 84 valence electrons. The lowest BCUT2D eigenvalue weighted by Crippen LogP contribution is -2.23. The van der Waals surface area contributed by atoms with E-state index >= 15 is 0 Å². The van der Waals surface area contributed by atoms with E-state index in [4.69, 9.17) is 17.1 Å². The molecule has 0 fully saturated rings. The topological polar surface area (TPSA) is 77.9 Å². The first-order chi connectivity index (χ1) is 7.56. The van der Waals surface area contributed by atoms with Crippen LogP contribution in [-0.4, -0.2) is 11.9 Å². The average Bonchev–Trinajstić information content (AvgIpc) is 2.25. The van der Waals surface area contributed by atoms with Crippen LogP contribution in [0.3, 0.4) is 0 Å². The highest BCUT2D eigenvalue weighted by atomic mass is 35.5. The SMILES string of the molecule is Cc1c(Cl)cccc1NC(=O)C(C)N=[N+]=[N-]. The summed E-state index contributed by atoms with van der Waals surface area (Å²) in [5.41, 5.74) is 9.61. The molecular weight excluding hydrogens is 228 g/mol. The van der Waals surface area contributed by atoms with Crippen LogP contribution in [0.4, 0.5) is 5.69 Å². The maximum Gasteiger partial charge on any atom is 0.233 e. The molecule has 1 rings (SSSR count). The second kappa shape index (κ2) is 5.39. The molecule has 16 heavy (non-hydrogen) atoms. The lowest BCUT2D eigenvalue weighted by molar-refractivity contribution is -0.117. The summed E-state index contributed by atoms with van der Waals surface area (Å²) in [5.74, 6) is -0.358. The summed E-state index contributed by atoms with van der Waals surface area (Å²) in [6.07, 6.45) is 0. The minimum atomic E-state index is -0.747. The predicted molar refractivity (Wildman–Crippen MR) is 63.4 cm³/mol. The first-order valence-corrected chi connectivity index (χ1v) is 5.04. The zero-order valence-corrected chi connectivity index (χ0v) is 9.69. The Morgan fingerprint density at radius 3 is 2.94 bits per heavy atom. The number of azide groups is 1. The number of nitrogens with zero attached hydrogens (tertiary/aromatic N) is 3. The highest BCUT2D eigenvalue weighted by molar-refractivity contribution is 6.31. The van der Waals surface area contributed by atoms with Gasteiger partial charge >= 0.3 is 0 Å². The Labute approximate surface area is 98.0 Å². The van der Waals surface area contributed by atoms with Crippen LogP contribution in [0.25, 0.3) is 10.4 Å². The highest BCUT2D eigenvalue weighted by Gasteiger charge is 2.12. The van der Waals surface area contributed by atoms with Gasteiger partial charge in [-0.25, -0.2) is 0 Å². The molecule has 1 amide bonds. The third-order valence-electron chi connectivity index (χ3n) is 2.13. The summed E-state index contributed by atoms with van der Waals surface area (Å²) in [6.45, 7) is 3.32. The van der Waals surface area contributed by atoms with Gasteiger partial charge in [-0.3, -0.25) is 4.79 Å². The number of benzene rings is 1. The molecule has 0 bridgehead atoms. The van der Waals surface area contributed by atoms with E-state index in [0.717, 1.165) is 5.56 Å². The van der Waals surface area contributed by atoms with Crippen LogP contribution in [-0.2, 0) is 4.79 Å². The zero-order valence-electron chi connectivity index (χ0n) is 8.94. The summed E-state index contributed by atoms with van der Waals surface area (Å²) >= 11 is 5.90. The number of halogens is 1. The van der Waals surface area contributed by atoms with E-state index in [0.29, 0.717) is 10.7 Å². The van der Waals surface area contributed by atoms with Crippen molar-refractivity contribution >= 4 is 23.2 Å². The maximum atomic E-state index is 11.5. The molecule has 1 N–H and O–H groups in total. The molecule has 0 spiro atoms. The normalized spacial score (nSPS) is 11.4. The quantitative estimate of drug-likeness (QED) is 0.490. The van der Waals surface area contributed by atoms with Crippen molar-refractivity contribution in [1.29, 1.82) is 0 Å². The second-order valence-corrected chi connectivity index (χ2v) is 3.69. The first kappa shape index (κ1) is 12.4. The average molecular weight is 239 g/mol. The van der Waals surface area contributed by atoms with Crippen LogP contribution in [0.15, 0.2) is 23.3 Å². The molecule has 5 nitrogen and oxygen atoms in total. The smallest absolute Gasteiger partial charge is 0.233 e. The van der Waals surface area contributed by atoms with Crippen molar-refractivity contribution in [2.75, 3.05) is 5.32 Å². The van der Waals surface area contributed by atoms with Crippen molar-refractivity contribution in [1.82, 2.24) is 0 Å². The first-order valence-electron chi connectivity index (χ1n) is 4.66. The van der Waals surface area contributed by atoms with E-state index in [1.54, 1.807) is 25.1 Å². The molecule has 0 radical (unpaired) electrons. The summed E-state index contributed by atoms with van der Waals surface area (Å²) < 4.78 is 0. The summed E-state index contributed by atoms with van der Waals surface area (Å²) in [4.78, 5) is 14.1. The van der Waals surface area contributed by atoms with Crippen molar-refractivity contribution in [3.05, 3.63) is 39.2 Å². The molecule has 1 aromatic rings. The monoisotopic (exact) mass is 238 g/mol. The number of carbonyl (C=O) groups excluding carboxylic acids is 1. The van der Waals surface area contributed by atoms with Gasteiger partial charge in [-0.1, -0.05) is 22.8 Å². The van der Waals surface area contributed by atoms with Crippen LogP contribution < -0.4 is 5.32 Å². The van der Waals surface area contributed by atoms with Crippen LogP contribution in [0.5, 0.6) is 0 Å². The Bertz CT molecular complexity index is 454. The fraction of sp³-hybridized carbons (Fsp3) is 0.300. The molecule has 1 unspecified atom stereocenters. The lowest BCUT2D eigenvalue weighted by atomic mass is 10.2. The Kier molecular flexibility index (Phi) is 4.17. The molecule has 0 heterocycles. The molecule has 0 aliphatic rings. The van der Waals surface area contributed by atoms with Crippen molar-refractivity contribution in [2.45, 2.75) is 19.9 Å². The van der Waals surface area contributed by atoms with Gasteiger partial charge in [0, 0.05) is 15.6 Å². The van der Waals surface area contributed by atoms with Gasteiger partial charge in [0.15, 0.2) is 0 Å². The number of hydrogen-bond donors (Lipinski definition) is 1. The summed E-state index contributed by atoms with van der Waals surface area (Å²) in [6, 6.07) is 4.47. The van der Waals surface area contributed by atoms with Crippen LogP contribution in [0.1, 0.15) is 12.5 Å². The molecule has 0 saturated carbocycles. The van der Waals surface area contributed by atoms with Gasteiger partial charge in [-0.15, -0.1) is 0 Å². The van der Waals surface area contributed by atoms with E-state index in [2.05, 4.69) is 15.3 Å². The van der Waals surface area contributed by atoms with Crippen LogP contribution >= 0.6 is 11.6 Å². The molecule has 0 saturated heterocycles. The van der Waals surface area contributed by atoms with Crippen LogP contribution in [0.2, 0.25) is 5.02 Å². The van der Waals surface area contributed by atoms with Gasteiger partial charge in [0.25, 0.3) is 0 Å². The Morgan fingerprint density at radius 1 is 1.62 bits per heavy atom. The number of rotatable bonds is 3. The molecule has 0 aliphatic carbocycles. The summed E-state index contributed by atoms with van der Waals surface area (Å²) in [7, 11) is 0. The molecule has 6 heteroatoms. The fourth-order valence-corrected chi connectivity index (χ4v) is 1.28. The van der Waals surface area contributed by atoms with Gasteiger partial charge in [0.2, 0.25) is 5.91 Å². The number of anilines is 1. The van der Waals surface area contributed by atoms with E-state index in [1.807, 2.05) is 0 Å². The number of carbonyl (C=O) groups is 1. The Morgan fingerprint density at radius 2 is 2.31 bits per heavy atom. The van der Waals surface area contributed by atoms with Gasteiger partial charge in [0.1, 0.15) is 6.04 Å². The largest absolute Gasteiger partial charge is 0.325 e. The third-order valence-corrected chi connectivity index (χ3v) is 2.54. The van der Waals surface area contributed by atoms with Gasteiger partial charge in [0.05, 0.1) is 0 Å². The van der Waals surface area contributed by atoms with Crippen molar-refractivity contribution in [3.8, 4) is 0 Å². The van der Waals surface area contributed by atoms with Crippen molar-refractivity contribution in [2.24, 2.45) is 5.11 Å². The Hall–Kier alpha value is -1.71. The third kappa shape index (κ3) is 2.89. The minimum absolute atomic E-state index is 0.358. The number of nitrogens with one attached hydrogen (secondary N) is 1. The number of hydrogen-bond acceptors (Lipinski definition) is 2. The van der Waals surface area contributed by atoms with Gasteiger partial charge < -0.3 is 5.32 Å². The summed E-state index contributed by atoms with van der Waals surface area (Å²) in [5, 5.41) is 6.53. The minimum Gasteiger partial charge on any atom is -0.325 e. The fourth-order valence-electron chi connectivity index (χ4n) is 1.11. The number of amides is 1. The zero-order chi connectivity index (χ0) is 12.1. The van der Waals surface area contributed by atoms with Crippen LogP contribution in [0, 0.1) is 6.92 Å². The van der Waals surface area contributed by atoms with E-state index in [-0.39, 0.29) is 5.91 Å². The molecule has 1 atom stereocenters. The second-order valence-electron chi connectivity index (χ2n) is 3.28. The van der Waals surface area contributed by atoms with Gasteiger partial charge in [-0.2, -0.15) is 0 Å². The molecule has 0 aromatic heterocycles. The highest BCUT2D eigenvalue weighted by Crippen LogP contribution is 2.23.